The highest BCUT2D eigenvalue weighted by atomic mass is 28.3. The van der Waals surface area contributed by atoms with Gasteiger partial charge in [-0.25, -0.2) is 4.98 Å². The zero-order valence-corrected chi connectivity index (χ0v) is 33.9. The monoisotopic (exact) mass is 717 g/mol. The molecule has 0 spiro atoms. The van der Waals surface area contributed by atoms with Crippen LogP contribution in [0.2, 0.25) is 19.6 Å². The van der Waals surface area contributed by atoms with Crippen LogP contribution in [-0.4, -0.2) is 13.1 Å². The number of aryl methyl sites for hydroxylation is 3. The number of nitrogens with zero attached hydrogens (tertiary/aromatic N) is 3. The number of pyridine rings is 3. The molecule has 0 amide bonds. The number of furan rings is 1. The lowest BCUT2D eigenvalue weighted by molar-refractivity contribution is -0.719. The maximum absolute atomic E-state index is 6.88. The second-order valence-corrected chi connectivity index (χ2v) is 22.9. The first-order chi connectivity index (χ1) is 25.5. The van der Waals surface area contributed by atoms with Gasteiger partial charge in [0.05, 0.1) is 20.1 Å². The molecule has 2 unspecified atom stereocenters. The molecule has 3 aliphatic rings. The molecule has 5 heteroatoms. The SMILES string of the molecule is C=C1CC2C(CCc3cc(C)c4c(oc5nc(C)ccc54)c3-c3cc(CC4CCCC4)cc[n+]31)c1ccccc1-c1cc(C(C)C)c([Si](C)(C)C)c[n+]12. The molecule has 4 aromatic heterocycles. The van der Waals surface area contributed by atoms with Gasteiger partial charge in [-0.3, -0.25) is 0 Å². The lowest BCUT2D eigenvalue weighted by atomic mass is 9.77. The number of aromatic nitrogens is 3. The van der Waals surface area contributed by atoms with Gasteiger partial charge < -0.3 is 4.42 Å². The fourth-order valence-corrected chi connectivity index (χ4v) is 12.0. The van der Waals surface area contributed by atoms with Gasteiger partial charge in [0, 0.05) is 51.3 Å². The molecule has 1 fully saturated rings. The molecule has 2 aromatic carbocycles. The summed E-state index contributed by atoms with van der Waals surface area (Å²) in [6.07, 6.45) is 14.3. The normalized spacial score (nSPS) is 18.9. The van der Waals surface area contributed by atoms with E-state index >= 15 is 0 Å². The smallest absolute Gasteiger partial charge is 0.227 e. The predicted molar refractivity (Wildman–Crippen MR) is 221 cm³/mol. The number of rotatable bonds is 4. The zero-order valence-electron chi connectivity index (χ0n) is 32.9. The van der Waals surface area contributed by atoms with Crippen LogP contribution in [0.5, 0.6) is 0 Å². The average Bonchev–Trinajstić information content (AvgIpc) is 3.78. The summed E-state index contributed by atoms with van der Waals surface area (Å²) in [5.41, 5.74) is 16.0. The van der Waals surface area contributed by atoms with Crippen molar-refractivity contribution in [2.75, 3.05) is 0 Å². The van der Waals surface area contributed by atoms with Crippen molar-refractivity contribution in [1.82, 2.24) is 4.98 Å². The van der Waals surface area contributed by atoms with Gasteiger partial charge >= 0.3 is 0 Å². The number of benzene rings is 2. The highest BCUT2D eigenvalue weighted by Crippen LogP contribution is 2.46. The summed E-state index contributed by atoms with van der Waals surface area (Å²) in [5.74, 6) is 1.58. The Balaban J connectivity index is 1.28. The molecule has 1 aliphatic carbocycles. The standard InChI is InChI=1S/C48H55N3OSi/c1-29(2)40-27-42-37-16-12-11-15-36(37)38-20-18-35-23-30(3)45-39-19-17-31(4)49-48(39)52-47(45)46(35)43-26-34(25-33-13-9-10-14-33)21-22-50(43)32(5)24-41(38)51(42)28-44(40)53(6,7)8/h11-12,15-17,19,21-23,26-29,33,38,41H,5,9-10,13-14,18,20,24-25H2,1-4,6-8H3/q+2. The average molecular weight is 718 g/mol. The summed E-state index contributed by atoms with van der Waals surface area (Å²) in [7, 11) is -1.65. The molecule has 6 heterocycles. The Hall–Kier alpha value is -4.35. The predicted octanol–water partition coefficient (Wildman–Crippen LogP) is 11.1. The highest BCUT2D eigenvalue weighted by Gasteiger charge is 2.44. The second kappa shape index (κ2) is 12.9. The van der Waals surface area contributed by atoms with Crippen LogP contribution in [0.4, 0.5) is 0 Å². The fourth-order valence-electron chi connectivity index (χ4n) is 10.2. The van der Waals surface area contributed by atoms with Gasteiger partial charge in [-0.2, -0.15) is 9.13 Å². The summed E-state index contributed by atoms with van der Waals surface area (Å²) >= 11 is 0. The van der Waals surface area contributed by atoms with E-state index in [4.69, 9.17) is 16.0 Å². The number of allylic oxidation sites excluding steroid dienone is 1. The Bertz CT molecular complexity index is 2440. The van der Waals surface area contributed by atoms with Crippen molar-refractivity contribution >= 4 is 41.0 Å². The molecule has 6 aromatic rings. The van der Waals surface area contributed by atoms with Gasteiger partial charge in [0.25, 0.3) is 0 Å². The van der Waals surface area contributed by atoms with Crippen LogP contribution in [0, 0.1) is 19.8 Å². The third-order valence-corrected chi connectivity index (χ3v) is 14.9. The van der Waals surface area contributed by atoms with Crippen molar-refractivity contribution < 1.29 is 13.6 Å². The van der Waals surface area contributed by atoms with Crippen LogP contribution >= 0.6 is 0 Å². The molecule has 0 bridgehead atoms. The Morgan fingerprint density at radius 1 is 0.943 bits per heavy atom. The molecule has 1 saturated carbocycles. The third-order valence-electron chi connectivity index (χ3n) is 12.9. The van der Waals surface area contributed by atoms with E-state index in [0.717, 1.165) is 59.7 Å². The molecular weight excluding hydrogens is 663 g/mol. The summed E-state index contributed by atoms with van der Waals surface area (Å²) in [4.78, 5) is 4.89. The lowest BCUT2D eigenvalue weighted by Gasteiger charge is -2.33. The minimum absolute atomic E-state index is 0.256. The second-order valence-electron chi connectivity index (χ2n) is 17.9. The molecule has 0 saturated heterocycles. The van der Waals surface area contributed by atoms with Crippen molar-refractivity contribution in [3.63, 3.8) is 0 Å². The van der Waals surface area contributed by atoms with Crippen molar-refractivity contribution in [3.05, 3.63) is 113 Å². The van der Waals surface area contributed by atoms with Crippen LogP contribution in [0.3, 0.4) is 0 Å². The molecule has 9 rings (SSSR count). The molecule has 2 atom stereocenters. The van der Waals surface area contributed by atoms with Crippen molar-refractivity contribution in [1.29, 1.82) is 0 Å². The Morgan fingerprint density at radius 3 is 2.51 bits per heavy atom. The van der Waals surface area contributed by atoms with E-state index in [-0.39, 0.29) is 6.04 Å². The van der Waals surface area contributed by atoms with Crippen LogP contribution in [0.15, 0.2) is 84.1 Å². The van der Waals surface area contributed by atoms with Crippen molar-refractivity contribution in [3.8, 4) is 22.5 Å². The molecule has 0 N–H and O–H groups in total. The van der Waals surface area contributed by atoms with Gasteiger partial charge in [0.2, 0.25) is 17.1 Å². The topological polar surface area (TPSA) is 33.8 Å². The first-order valence-electron chi connectivity index (χ1n) is 20.2. The summed E-state index contributed by atoms with van der Waals surface area (Å²) in [6.45, 7) is 21.5. The molecule has 0 radical (unpaired) electrons. The van der Waals surface area contributed by atoms with Gasteiger partial charge in [-0.15, -0.1) is 0 Å². The van der Waals surface area contributed by atoms with Gasteiger partial charge in [0.1, 0.15) is 0 Å². The Labute approximate surface area is 316 Å². The number of hydrogen-bond acceptors (Lipinski definition) is 2. The lowest BCUT2D eigenvalue weighted by Crippen LogP contribution is -2.54. The van der Waals surface area contributed by atoms with E-state index in [1.807, 2.05) is 6.92 Å². The van der Waals surface area contributed by atoms with Crippen molar-refractivity contribution in [2.45, 2.75) is 117 Å². The van der Waals surface area contributed by atoms with Crippen LogP contribution in [0.25, 0.3) is 50.3 Å². The van der Waals surface area contributed by atoms with Gasteiger partial charge in [0.15, 0.2) is 29.7 Å². The molecule has 53 heavy (non-hydrogen) atoms. The van der Waals surface area contributed by atoms with E-state index in [2.05, 4.69) is 123 Å². The largest absolute Gasteiger partial charge is 0.437 e. The van der Waals surface area contributed by atoms with Crippen LogP contribution < -0.4 is 14.3 Å². The maximum Gasteiger partial charge on any atom is 0.227 e. The third kappa shape index (κ3) is 5.82. The first kappa shape index (κ1) is 34.4. The van der Waals surface area contributed by atoms with E-state index in [1.54, 1.807) is 5.19 Å². The summed E-state index contributed by atoms with van der Waals surface area (Å²) in [5, 5.41) is 3.87. The Morgan fingerprint density at radius 2 is 1.74 bits per heavy atom. The quantitative estimate of drug-likeness (QED) is 0.134. The molecular formula is C48H55N3OSi+2. The highest BCUT2D eigenvalue weighted by molar-refractivity contribution is 6.89. The van der Waals surface area contributed by atoms with E-state index in [9.17, 15) is 0 Å². The molecule has 4 nitrogen and oxygen atoms in total. The summed E-state index contributed by atoms with van der Waals surface area (Å²) in [6, 6.07) is 23.7. The maximum atomic E-state index is 6.88. The molecule has 270 valence electrons. The van der Waals surface area contributed by atoms with E-state index in [1.165, 1.54) is 81.4 Å². The van der Waals surface area contributed by atoms with Gasteiger partial charge in [-0.1, -0.05) is 83.4 Å². The van der Waals surface area contributed by atoms with Crippen LogP contribution in [-0.2, 0) is 12.8 Å². The van der Waals surface area contributed by atoms with Crippen LogP contribution in [0.1, 0.15) is 104 Å². The molecule has 2 aliphatic heterocycles. The van der Waals surface area contributed by atoms with Crippen molar-refractivity contribution in [2.24, 2.45) is 5.92 Å². The number of hydrogen-bond donors (Lipinski definition) is 0. The summed E-state index contributed by atoms with van der Waals surface area (Å²) < 4.78 is 12.0. The number of fused-ring (bicyclic) bond motifs is 13. The fraction of sp³-hybridized carbons (Fsp3) is 0.396. The van der Waals surface area contributed by atoms with E-state index in [0.29, 0.717) is 11.8 Å². The van der Waals surface area contributed by atoms with Gasteiger partial charge in [-0.05, 0) is 97.5 Å². The zero-order chi connectivity index (χ0) is 36.8. The Kier molecular flexibility index (Phi) is 8.38. The minimum atomic E-state index is -1.65. The van der Waals surface area contributed by atoms with E-state index < -0.39 is 8.07 Å². The first-order valence-corrected chi connectivity index (χ1v) is 23.7. The minimum Gasteiger partial charge on any atom is -0.437 e.